The molecule has 2 aromatic carbocycles. The number of amides is 1. The summed E-state index contributed by atoms with van der Waals surface area (Å²) in [6.45, 7) is 1.28. The van der Waals surface area contributed by atoms with Gasteiger partial charge in [0.05, 0.1) is 31.0 Å². The summed E-state index contributed by atoms with van der Waals surface area (Å²) in [7, 11) is 2.92. The fourth-order valence-electron chi connectivity index (χ4n) is 3.12. The van der Waals surface area contributed by atoms with Crippen molar-refractivity contribution in [1.29, 1.82) is 0 Å². The molecule has 168 valence electrons. The van der Waals surface area contributed by atoms with Crippen LogP contribution in [0.2, 0.25) is 0 Å². The van der Waals surface area contributed by atoms with Crippen LogP contribution < -0.4 is 14.8 Å². The lowest BCUT2D eigenvalue weighted by Crippen LogP contribution is -2.24. The zero-order chi connectivity index (χ0) is 22.9. The standard InChI is InChI=1S/C22H24N4O6/c1-30-9-10-32-21-12-19(26(28)29)18(11-20(21)31-2)22(27)24-13-16-5-3-4-6-17(16)14-25-8-7-23-15-25/h3-8,11-12,15H,9-10,13-14H2,1-2H3,(H,24,27). The van der Waals surface area contributed by atoms with Gasteiger partial charge in [0.25, 0.3) is 11.6 Å². The number of methoxy groups -OCH3 is 2. The van der Waals surface area contributed by atoms with Crippen LogP contribution in [0, 0.1) is 10.1 Å². The van der Waals surface area contributed by atoms with Crippen LogP contribution >= 0.6 is 0 Å². The lowest BCUT2D eigenvalue weighted by Gasteiger charge is -2.14. The summed E-state index contributed by atoms with van der Waals surface area (Å²) in [5.74, 6) is -0.202. The molecular weight excluding hydrogens is 416 g/mol. The van der Waals surface area contributed by atoms with Crippen LogP contribution in [0.1, 0.15) is 21.5 Å². The first-order chi connectivity index (χ1) is 15.5. The summed E-state index contributed by atoms with van der Waals surface area (Å²) >= 11 is 0. The highest BCUT2D eigenvalue weighted by Gasteiger charge is 2.25. The van der Waals surface area contributed by atoms with Crippen molar-refractivity contribution in [1.82, 2.24) is 14.9 Å². The van der Waals surface area contributed by atoms with Crippen LogP contribution in [0.15, 0.2) is 55.1 Å². The Labute approximate surface area is 184 Å². The fraction of sp³-hybridized carbons (Fsp3) is 0.273. The zero-order valence-electron chi connectivity index (χ0n) is 17.8. The normalized spacial score (nSPS) is 10.6. The molecule has 3 rings (SSSR count). The molecule has 0 fully saturated rings. The second kappa shape index (κ2) is 10.9. The van der Waals surface area contributed by atoms with E-state index >= 15 is 0 Å². The second-order valence-corrected chi connectivity index (χ2v) is 6.80. The number of rotatable bonds is 11. The number of carbonyl (C=O) groups excluding carboxylic acids is 1. The molecule has 0 saturated heterocycles. The Morgan fingerprint density at radius 2 is 1.94 bits per heavy atom. The molecule has 1 N–H and O–H groups in total. The quantitative estimate of drug-likeness (QED) is 0.277. The third kappa shape index (κ3) is 5.61. The van der Waals surface area contributed by atoms with Crippen molar-refractivity contribution in [3.05, 3.63) is 81.9 Å². The maximum Gasteiger partial charge on any atom is 0.286 e. The van der Waals surface area contributed by atoms with Crippen molar-refractivity contribution in [2.24, 2.45) is 0 Å². The Morgan fingerprint density at radius 3 is 2.59 bits per heavy atom. The van der Waals surface area contributed by atoms with E-state index in [0.29, 0.717) is 13.2 Å². The number of nitrogens with one attached hydrogen (secondary N) is 1. The predicted molar refractivity (Wildman–Crippen MR) is 116 cm³/mol. The minimum Gasteiger partial charge on any atom is -0.493 e. The molecule has 1 heterocycles. The first-order valence-electron chi connectivity index (χ1n) is 9.82. The minimum absolute atomic E-state index is 0.113. The molecule has 3 aromatic rings. The number of nitrogens with zero attached hydrogens (tertiary/aromatic N) is 3. The SMILES string of the molecule is COCCOc1cc([N+](=O)[O-])c(C(=O)NCc2ccccc2Cn2ccnc2)cc1OC. The highest BCUT2D eigenvalue weighted by Crippen LogP contribution is 2.34. The third-order valence-corrected chi connectivity index (χ3v) is 4.74. The molecule has 0 saturated carbocycles. The van der Waals surface area contributed by atoms with Gasteiger partial charge in [-0.1, -0.05) is 24.3 Å². The number of hydrogen-bond donors (Lipinski definition) is 1. The van der Waals surface area contributed by atoms with Crippen LogP contribution in [-0.2, 0) is 17.8 Å². The molecule has 0 aliphatic heterocycles. The molecule has 0 bridgehead atoms. The number of aromatic nitrogens is 2. The van der Waals surface area contributed by atoms with Crippen molar-refractivity contribution in [3.8, 4) is 11.5 Å². The molecule has 1 aromatic heterocycles. The number of nitro benzene ring substituents is 1. The highest BCUT2D eigenvalue weighted by molar-refractivity contribution is 5.99. The molecule has 0 radical (unpaired) electrons. The third-order valence-electron chi connectivity index (χ3n) is 4.74. The number of hydrogen-bond acceptors (Lipinski definition) is 7. The van der Waals surface area contributed by atoms with E-state index in [2.05, 4.69) is 10.3 Å². The monoisotopic (exact) mass is 440 g/mol. The Morgan fingerprint density at radius 1 is 1.16 bits per heavy atom. The van der Waals surface area contributed by atoms with E-state index in [1.54, 1.807) is 12.5 Å². The molecule has 0 aliphatic carbocycles. The molecule has 32 heavy (non-hydrogen) atoms. The van der Waals surface area contributed by atoms with Gasteiger partial charge in [-0.15, -0.1) is 0 Å². The molecule has 0 aliphatic rings. The minimum atomic E-state index is -0.621. The molecule has 1 amide bonds. The van der Waals surface area contributed by atoms with Gasteiger partial charge in [-0.3, -0.25) is 14.9 Å². The lowest BCUT2D eigenvalue weighted by atomic mass is 10.1. The van der Waals surface area contributed by atoms with Gasteiger partial charge < -0.3 is 24.1 Å². The van der Waals surface area contributed by atoms with Gasteiger partial charge >= 0.3 is 0 Å². The van der Waals surface area contributed by atoms with Gasteiger partial charge in [0.2, 0.25) is 0 Å². The number of ether oxygens (including phenoxy) is 3. The van der Waals surface area contributed by atoms with E-state index < -0.39 is 10.8 Å². The number of carbonyl (C=O) groups is 1. The van der Waals surface area contributed by atoms with E-state index in [1.165, 1.54) is 26.4 Å². The van der Waals surface area contributed by atoms with Gasteiger partial charge in [0, 0.05) is 38.7 Å². The maximum atomic E-state index is 12.9. The van der Waals surface area contributed by atoms with Crippen molar-refractivity contribution in [3.63, 3.8) is 0 Å². The lowest BCUT2D eigenvalue weighted by molar-refractivity contribution is -0.385. The zero-order valence-corrected chi connectivity index (χ0v) is 17.8. The van der Waals surface area contributed by atoms with Gasteiger partial charge in [-0.2, -0.15) is 0 Å². The Kier molecular flexibility index (Phi) is 7.76. The molecule has 0 atom stereocenters. The maximum absolute atomic E-state index is 12.9. The molecular formula is C22H24N4O6. The van der Waals surface area contributed by atoms with Gasteiger partial charge in [-0.25, -0.2) is 4.98 Å². The molecule has 0 unspecified atom stereocenters. The van der Waals surface area contributed by atoms with Crippen LogP contribution in [0.5, 0.6) is 11.5 Å². The van der Waals surface area contributed by atoms with Gasteiger partial charge in [0.1, 0.15) is 12.2 Å². The Bertz CT molecular complexity index is 1070. The Balaban J connectivity index is 1.79. The number of benzene rings is 2. The van der Waals surface area contributed by atoms with E-state index in [-0.39, 0.29) is 35.9 Å². The summed E-state index contributed by atoms with van der Waals surface area (Å²) in [6.07, 6.45) is 5.25. The topological polar surface area (TPSA) is 118 Å². The van der Waals surface area contributed by atoms with Crippen molar-refractivity contribution in [2.45, 2.75) is 13.1 Å². The average Bonchev–Trinajstić information content (AvgIpc) is 3.31. The fourth-order valence-corrected chi connectivity index (χ4v) is 3.12. The van der Waals surface area contributed by atoms with Crippen LogP contribution in [-0.4, -0.2) is 47.8 Å². The highest BCUT2D eigenvalue weighted by atomic mass is 16.6. The summed E-state index contributed by atoms with van der Waals surface area (Å²) < 4.78 is 17.6. The van der Waals surface area contributed by atoms with Crippen molar-refractivity contribution in [2.75, 3.05) is 27.4 Å². The predicted octanol–water partition coefficient (Wildman–Crippen LogP) is 2.80. The first-order valence-corrected chi connectivity index (χ1v) is 9.82. The Hall–Kier alpha value is -3.92. The van der Waals surface area contributed by atoms with E-state index in [9.17, 15) is 14.9 Å². The van der Waals surface area contributed by atoms with Gasteiger partial charge in [-0.05, 0) is 11.1 Å². The summed E-state index contributed by atoms with van der Waals surface area (Å²) in [4.78, 5) is 27.9. The largest absolute Gasteiger partial charge is 0.493 e. The number of nitro groups is 1. The van der Waals surface area contributed by atoms with E-state index in [0.717, 1.165) is 11.1 Å². The first kappa shape index (κ1) is 22.8. The average molecular weight is 440 g/mol. The number of imidazole rings is 1. The van der Waals surface area contributed by atoms with Crippen molar-refractivity contribution < 1.29 is 23.9 Å². The van der Waals surface area contributed by atoms with E-state index in [1.807, 2.05) is 35.0 Å². The van der Waals surface area contributed by atoms with Crippen molar-refractivity contribution >= 4 is 11.6 Å². The molecule has 0 spiro atoms. The molecule has 10 nitrogen and oxygen atoms in total. The van der Waals surface area contributed by atoms with Crippen LogP contribution in [0.4, 0.5) is 5.69 Å². The van der Waals surface area contributed by atoms with Gasteiger partial charge in [0.15, 0.2) is 11.5 Å². The smallest absolute Gasteiger partial charge is 0.286 e. The second-order valence-electron chi connectivity index (χ2n) is 6.80. The summed E-state index contributed by atoms with van der Waals surface area (Å²) in [5, 5.41) is 14.4. The summed E-state index contributed by atoms with van der Waals surface area (Å²) in [6, 6.07) is 10.1. The van der Waals surface area contributed by atoms with Crippen LogP contribution in [0.25, 0.3) is 0 Å². The van der Waals surface area contributed by atoms with E-state index in [4.69, 9.17) is 14.2 Å². The van der Waals surface area contributed by atoms with Crippen LogP contribution in [0.3, 0.4) is 0 Å². The summed E-state index contributed by atoms with van der Waals surface area (Å²) in [5.41, 5.74) is 1.41. The molecule has 10 heteroatoms.